The van der Waals surface area contributed by atoms with Gasteiger partial charge in [-0.3, -0.25) is 9.69 Å². The van der Waals surface area contributed by atoms with Gasteiger partial charge in [0.25, 0.3) is 0 Å². The van der Waals surface area contributed by atoms with E-state index in [0.29, 0.717) is 33.0 Å². The van der Waals surface area contributed by atoms with E-state index in [4.69, 9.17) is 0 Å². The molecule has 1 fully saturated rings. The van der Waals surface area contributed by atoms with Crippen LogP contribution in [-0.4, -0.2) is 55.8 Å². The maximum Gasteiger partial charge on any atom is 0.393 e. The Hall–Kier alpha value is -4.77. The highest BCUT2D eigenvalue weighted by Crippen LogP contribution is 2.34. The number of carbonyl (C=O) groups excluding carboxylic acids is 1. The predicted octanol–water partition coefficient (Wildman–Crippen LogP) is 7.17. The number of benzene rings is 2. The smallest absolute Gasteiger partial charge is 0.387 e. The van der Waals surface area contributed by atoms with E-state index in [1.165, 1.54) is 12.4 Å². The molecule has 3 N–H and O–H groups in total. The van der Waals surface area contributed by atoms with Crippen molar-refractivity contribution in [3.63, 3.8) is 0 Å². The van der Waals surface area contributed by atoms with Gasteiger partial charge in [-0.15, -0.1) is 11.3 Å². The van der Waals surface area contributed by atoms with Crippen LogP contribution in [0.3, 0.4) is 0 Å². The minimum absolute atomic E-state index is 0.133. The van der Waals surface area contributed by atoms with Gasteiger partial charge in [0.2, 0.25) is 5.91 Å². The summed E-state index contributed by atoms with van der Waals surface area (Å²) in [5, 5.41) is 28.9. The number of anilines is 2. The zero-order valence-electron chi connectivity index (χ0n) is 27.1. The summed E-state index contributed by atoms with van der Waals surface area (Å²) in [5.41, 5.74) is 5.68. The van der Waals surface area contributed by atoms with Crippen LogP contribution < -0.4 is 10.6 Å². The standard InChI is InChI=1S/C36H36F3N7O2S/c1-4-33(48)44-30-7-5-23(13-21(30)2)32(47)19-46-26(17-40)14-28-22(3)24(6-8-31(28)46)18-45-11-9-25(10-12-45)43-34-29-15-27(16-36(37,38)39)49-35(29)42-20-41-34/h4-8,13-15,20,25,32,47H,1,9-12,16,18-19H2,2-3H3,(H,44,48)(H,41,42,43). The number of aliphatic hydroxyl groups is 1. The summed E-state index contributed by atoms with van der Waals surface area (Å²) in [6, 6.07) is 15.3. The number of piperidine rings is 1. The predicted molar refractivity (Wildman–Crippen MR) is 185 cm³/mol. The summed E-state index contributed by atoms with van der Waals surface area (Å²) in [6.45, 7) is 9.98. The van der Waals surface area contributed by atoms with Gasteiger partial charge in [-0.1, -0.05) is 24.8 Å². The number of fused-ring (bicyclic) bond motifs is 2. The molecule has 6 rings (SSSR count). The fraction of sp³-hybridized carbons (Fsp3) is 0.333. The van der Waals surface area contributed by atoms with Gasteiger partial charge in [-0.25, -0.2) is 9.97 Å². The van der Waals surface area contributed by atoms with Crippen LogP contribution in [0.5, 0.6) is 0 Å². The van der Waals surface area contributed by atoms with Crippen LogP contribution in [-0.2, 0) is 24.3 Å². The first-order valence-electron chi connectivity index (χ1n) is 15.9. The molecule has 1 amide bonds. The molecule has 254 valence electrons. The Morgan fingerprint density at radius 2 is 1.94 bits per heavy atom. The quantitative estimate of drug-likeness (QED) is 0.133. The minimum Gasteiger partial charge on any atom is -0.387 e. The summed E-state index contributed by atoms with van der Waals surface area (Å²) >= 11 is 1.05. The number of halogens is 3. The maximum absolute atomic E-state index is 13.0. The second-order valence-electron chi connectivity index (χ2n) is 12.5. The highest BCUT2D eigenvalue weighted by Gasteiger charge is 2.29. The van der Waals surface area contributed by atoms with E-state index in [1.807, 2.05) is 29.7 Å². The number of rotatable bonds is 10. The van der Waals surface area contributed by atoms with Crippen LogP contribution in [0.15, 0.2) is 61.4 Å². The Morgan fingerprint density at radius 1 is 1.16 bits per heavy atom. The monoisotopic (exact) mass is 687 g/mol. The van der Waals surface area contributed by atoms with Crippen LogP contribution in [0.1, 0.15) is 51.8 Å². The van der Waals surface area contributed by atoms with Crippen molar-refractivity contribution < 1.29 is 23.1 Å². The van der Waals surface area contributed by atoms with E-state index in [-0.39, 0.29) is 23.4 Å². The first-order valence-corrected chi connectivity index (χ1v) is 16.8. The number of aryl methyl sites for hydroxylation is 2. The third kappa shape index (κ3) is 7.62. The summed E-state index contributed by atoms with van der Waals surface area (Å²) in [7, 11) is 0. The third-order valence-corrected chi connectivity index (χ3v) is 10.1. The molecule has 1 saturated heterocycles. The minimum atomic E-state index is -4.27. The largest absolute Gasteiger partial charge is 0.393 e. The van der Waals surface area contributed by atoms with Crippen molar-refractivity contribution in [3.05, 3.63) is 94.3 Å². The Kier molecular flexibility index (Phi) is 9.74. The highest BCUT2D eigenvalue weighted by molar-refractivity contribution is 7.18. The van der Waals surface area contributed by atoms with Crippen molar-refractivity contribution in [2.45, 2.75) is 64.5 Å². The Morgan fingerprint density at radius 3 is 2.63 bits per heavy atom. The van der Waals surface area contributed by atoms with Crippen molar-refractivity contribution >= 4 is 49.9 Å². The molecule has 9 nitrogen and oxygen atoms in total. The average molecular weight is 688 g/mol. The lowest BCUT2D eigenvalue weighted by atomic mass is 10.0. The molecule has 1 unspecified atom stereocenters. The molecule has 0 spiro atoms. The molecular formula is C36H36F3N7O2S. The van der Waals surface area contributed by atoms with E-state index in [1.54, 1.807) is 18.2 Å². The van der Waals surface area contributed by atoms with Crippen molar-refractivity contribution in [2.24, 2.45) is 0 Å². The van der Waals surface area contributed by atoms with E-state index in [9.17, 15) is 28.3 Å². The lowest BCUT2D eigenvalue weighted by Crippen LogP contribution is -2.39. The Bertz CT molecular complexity index is 2070. The molecule has 1 aliphatic heterocycles. The number of likely N-dealkylation sites (tertiary alicyclic amines) is 1. The molecule has 0 bridgehead atoms. The van der Waals surface area contributed by atoms with E-state index < -0.39 is 18.7 Å². The van der Waals surface area contributed by atoms with Crippen LogP contribution in [0, 0.1) is 25.2 Å². The van der Waals surface area contributed by atoms with Crippen molar-refractivity contribution in [1.29, 1.82) is 5.26 Å². The summed E-state index contributed by atoms with van der Waals surface area (Å²) in [5.74, 6) is 0.260. The van der Waals surface area contributed by atoms with Crippen LogP contribution in [0.25, 0.3) is 21.1 Å². The topological polar surface area (TPSA) is 119 Å². The second kappa shape index (κ2) is 14.0. The van der Waals surface area contributed by atoms with Gasteiger partial charge >= 0.3 is 6.18 Å². The van der Waals surface area contributed by atoms with Crippen molar-refractivity contribution in [3.8, 4) is 6.07 Å². The molecule has 0 aliphatic carbocycles. The summed E-state index contributed by atoms with van der Waals surface area (Å²) < 4.78 is 40.7. The fourth-order valence-electron chi connectivity index (χ4n) is 6.45. The Balaban J connectivity index is 1.11. The fourth-order valence-corrected chi connectivity index (χ4v) is 7.48. The number of nitrogens with zero attached hydrogens (tertiary/aromatic N) is 5. The molecule has 0 saturated carbocycles. The van der Waals surface area contributed by atoms with Crippen LogP contribution in [0.2, 0.25) is 0 Å². The first kappa shape index (κ1) is 34.1. The van der Waals surface area contributed by atoms with Gasteiger partial charge in [0, 0.05) is 47.1 Å². The maximum atomic E-state index is 13.0. The van der Waals surface area contributed by atoms with Gasteiger partial charge in [0.05, 0.1) is 24.5 Å². The molecule has 49 heavy (non-hydrogen) atoms. The second-order valence-corrected chi connectivity index (χ2v) is 13.6. The number of nitriles is 1. The van der Waals surface area contributed by atoms with Gasteiger partial charge in [-0.05, 0) is 79.3 Å². The van der Waals surface area contributed by atoms with E-state index >= 15 is 0 Å². The number of amides is 1. The SMILES string of the molecule is C=CC(=O)Nc1ccc(C(O)Cn2c(C#N)cc3c(C)c(CN4CCC(Nc5ncnc6sc(CC(F)(F)F)cc56)CC4)ccc32)cc1C. The van der Waals surface area contributed by atoms with E-state index in [2.05, 4.69) is 51.1 Å². The van der Waals surface area contributed by atoms with Crippen molar-refractivity contribution in [1.82, 2.24) is 19.4 Å². The molecule has 4 heterocycles. The number of thiophene rings is 1. The van der Waals surface area contributed by atoms with Crippen molar-refractivity contribution in [2.75, 3.05) is 23.7 Å². The number of alkyl halides is 3. The first-order chi connectivity index (χ1) is 23.4. The number of hydrogen-bond acceptors (Lipinski definition) is 8. The lowest BCUT2D eigenvalue weighted by Gasteiger charge is -2.33. The molecule has 2 aromatic carbocycles. The van der Waals surface area contributed by atoms with Gasteiger partial charge in [-0.2, -0.15) is 18.4 Å². The van der Waals surface area contributed by atoms with Gasteiger partial charge in [0.1, 0.15) is 28.7 Å². The highest BCUT2D eigenvalue weighted by atomic mass is 32.1. The number of aromatic nitrogens is 3. The van der Waals surface area contributed by atoms with Crippen LogP contribution in [0.4, 0.5) is 24.7 Å². The van der Waals surface area contributed by atoms with Crippen LogP contribution >= 0.6 is 11.3 Å². The molecule has 0 radical (unpaired) electrons. The summed E-state index contributed by atoms with van der Waals surface area (Å²) in [6.07, 6.45) is -1.84. The zero-order chi connectivity index (χ0) is 34.9. The zero-order valence-corrected chi connectivity index (χ0v) is 28.0. The molecule has 3 aromatic heterocycles. The molecule has 1 aliphatic rings. The van der Waals surface area contributed by atoms with Gasteiger partial charge in [0.15, 0.2) is 0 Å². The average Bonchev–Trinajstić information content (AvgIpc) is 3.64. The lowest BCUT2D eigenvalue weighted by molar-refractivity contribution is -0.126. The molecule has 1 atom stereocenters. The number of carbonyl (C=O) groups is 1. The molecular weight excluding hydrogens is 652 g/mol. The number of aliphatic hydroxyl groups excluding tert-OH is 1. The number of hydrogen-bond donors (Lipinski definition) is 3. The molecule has 5 aromatic rings. The van der Waals surface area contributed by atoms with Gasteiger partial charge < -0.3 is 20.3 Å². The number of nitrogens with one attached hydrogen (secondary N) is 2. The van der Waals surface area contributed by atoms with E-state index in [0.717, 1.165) is 71.4 Å². The molecule has 13 heteroatoms. The third-order valence-electron chi connectivity index (χ3n) is 9.09. The Labute approximate surface area is 285 Å². The summed E-state index contributed by atoms with van der Waals surface area (Å²) in [4.78, 5) is 23.4. The normalized spacial score (nSPS) is 15.0.